The number of aromatic nitrogens is 4. The van der Waals surface area contributed by atoms with Gasteiger partial charge in [-0.2, -0.15) is 15.0 Å². The third kappa shape index (κ3) is 3.87. The van der Waals surface area contributed by atoms with Gasteiger partial charge in [0.05, 0.1) is 5.75 Å². The van der Waals surface area contributed by atoms with E-state index in [4.69, 9.17) is 21.8 Å². The van der Waals surface area contributed by atoms with E-state index in [0.717, 1.165) is 5.69 Å². The van der Waals surface area contributed by atoms with E-state index in [1.165, 1.54) is 11.8 Å². The monoisotopic (exact) mass is 384 g/mol. The molecule has 7 nitrogen and oxygen atoms in total. The average Bonchev–Trinajstić information content (AvgIpc) is 3.02. The fourth-order valence-corrected chi connectivity index (χ4v) is 3.14. The molecule has 2 heterocycles. The number of nitrogen functional groups attached to an aromatic ring is 1. The van der Waals surface area contributed by atoms with Crippen LogP contribution in [-0.4, -0.2) is 19.9 Å². The minimum Gasteiger partial charge on any atom is -0.431 e. The van der Waals surface area contributed by atoms with E-state index in [0.29, 0.717) is 38.9 Å². The second kappa shape index (κ2) is 7.19. The van der Waals surface area contributed by atoms with Gasteiger partial charge in [-0.15, -0.1) is 0 Å². The van der Waals surface area contributed by atoms with Crippen molar-refractivity contribution in [3.63, 3.8) is 0 Å². The summed E-state index contributed by atoms with van der Waals surface area (Å²) < 4.78 is 5.68. The smallest absolute Gasteiger partial charge is 0.257 e. The first-order valence-corrected chi connectivity index (χ1v) is 9.03. The molecule has 0 amide bonds. The number of benzene rings is 2. The standard InChI is InChI=1S/C17H13ClN6OS/c18-10-6-7-13-12(8-10)21-17(25-13)26-9-14-22-15(19)24-16(23-14)20-11-4-2-1-3-5-11/h1-8H,9H2,(H3,19,20,22,23,24). The lowest BCUT2D eigenvalue weighted by Gasteiger charge is -2.06. The van der Waals surface area contributed by atoms with Gasteiger partial charge in [-0.1, -0.05) is 41.6 Å². The summed E-state index contributed by atoms with van der Waals surface area (Å²) in [6.07, 6.45) is 0. The highest BCUT2D eigenvalue weighted by Gasteiger charge is 2.10. The van der Waals surface area contributed by atoms with Crippen LogP contribution in [0.3, 0.4) is 0 Å². The fraction of sp³-hybridized carbons (Fsp3) is 0.0588. The van der Waals surface area contributed by atoms with E-state index in [-0.39, 0.29) is 5.95 Å². The van der Waals surface area contributed by atoms with Crippen LogP contribution in [0.15, 0.2) is 58.2 Å². The van der Waals surface area contributed by atoms with Crippen molar-refractivity contribution in [2.45, 2.75) is 11.0 Å². The summed E-state index contributed by atoms with van der Waals surface area (Å²) in [5.41, 5.74) is 8.05. The first kappa shape index (κ1) is 16.6. The Morgan fingerprint density at radius 1 is 1.04 bits per heavy atom. The Hall–Kier alpha value is -2.84. The Morgan fingerprint density at radius 2 is 1.88 bits per heavy atom. The van der Waals surface area contributed by atoms with Crippen molar-refractivity contribution < 1.29 is 4.42 Å². The molecule has 2 aromatic heterocycles. The number of oxazole rings is 1. The molecule has 0 saturated carbocycles. The summed E-state index contributed by atoms with van der Waals surface area (Å²) in [4.78, 5) is 17.1. The number of hydrogen-bond donors (Lipinski definition) is 2. The van der Waals surface area contributed by atoms with Crippen molar-refractivity contribution in [1.29, 1.82) is 0 Å². The second-order valence-corrected chi connectivity index (χ2v) is 6.67. The Bertz CT molecular complexity index is 1060. The lowest BCUT2D eigenvalue weighted by Crippen LogP contribution is -2.06. The van der Waals surface area contributed by atoms with Crippen molar-refractivity contribution in [2.75, 3.05) is 11.1 Å². The van der Waals surface area contributed by atoms with Crippen LogP contribution in [0.1, 0.15) is 5.82 Å². The topological polar surface area (TPSA) is 103 Å². The molecule has 26 heavy (non-hydrogen) atoms. The molecule has 9 heteroatoms. The maximum atomic E-state index is 5.97. The molecular weight excluding hydrogens is 372 g/mol. The molecule has 4 rings (SSSR count). The fourth-order valence-electron chi connectivity index (χ4n) is 2.28. The molecule has 0 aliphatic heterocycles. The number of fused-ring (bicyclic) bond motifs is 1. The molecule has 2 aromatic carbocycles. The number of rotatable bonds is 5. The highest BCUT2D eigenvalue weighted by atomic mass is 35.5. The second-order valence-electron chi connectivity index (χ2n) is 5.30. The van der Waals surface area contributed by atoms with Crippen LogP contribution in [0.4, 0.5) is 17.6 Å². The number of anilines is 3. The van der Waals surface area contributed by atoms with Gasteiger partial charge in [-0.05, 0) is 30.3 Å². The lowest BCUT2D eigenvalue weighted by molar-refractivity contribution is 0.489. The molecule has 3 N–H and O–H groups in total. The first-order valence-electron chi connectivity index (χ1n) is 7.67. The molecule has 4 aromatic rings. The van der Waals surface area contributed by atoms with Crippen molar-refractivity contribution in [1.82, 2.24) is 19.9 Å². The highest BCUT2D eigenvalue weighted by molar-refractivity contribution is 7.98. The molecule has 0 atom stereocenters. The molecule has 0 saturated heterocycles. The summed E-state index contributed by atoms with van der Waals surface area (Å²) in [6, 6.07) is 14.9. The largest absolute Gasteiger partial charge is 0.431 e. The van der Waals surface area contributed by atoms with Gasteiger partial charge in [0.15, 0.2) is 5.58 Å². The van der Waals surface area contributed by atoms with Gasteiger partial charge in [0.2, 0.25) is 11.9 Å². The Balaban J connectivity index is 1.50. The SMILES string of the molecule is Nc1nc(CSc2nc3cc(Cl)ccc3o2)nc(Nc2ccccc2)n1. The van der Waals surface area contributed by atoms with Crippen molar-refractivity contribution in [2.24, 2.45) is 0 Å². The van der Waals surface area contributed by atoms with Crippen molar-refractivity contribution in [3.05, 3.63) is 59.4 Å². The lowest BCUT2D eigenvalue weighted by atomic mass is 10.3. The van der Waals surface area contributed by atoms with Gasteiger partial charge in [0, 0.05) is 10.7 Å². The number of nitrogens with two attached hydrogens (primary N) is 1. The molecule has 0 unspecified atom stereocenters. The Kier molecular flexibility index (Phi) is 4.59. The zero-order valence-corrected chi connectivity index (χ0v) is 15.0. The van der Waals surface area contributed by atoms with Gasteiger partial charge in [-0.3, -0.25) is 0 Å². The minimum atomic E-state index is 0.151. The van der Waals surface area contributed by atoms with Gasteiger partial charge in [-0.25, -0.2) is 4.98 Å². The first-order chi connectivity index (χ1) is 12.7. The molecule has 0 aliphatic carbocycles. The summed E-state index contributed by atoms with van der Waals surface area (Å²) in [7, 11) is 0. The minimum absolute atomic E-state index is 0.151. The molecule has 0 radical (unpaired) electrons. The molecule has 0 spiro atoms. The van der Waals surface area contributed by atoms with Gasteiger partial charge in [0.25, 0.3) is 5.22 Å². The maximum Gasteiger partial charge on any atom is 0.257 e. The number of thioether (sulfide) groups is 1. The predicted molar refractivity (Wildman–Crippen MR) is 103 cm³/mol. The zero-order valence-electron chi connectivity index (χ0n) is 13.4. The van der Waals surface area contributed by atoms with E-state index in [1.807, 2.05) is 30.3 Å². The summed E-state index contributed by atoms with van der Waals surface area (Å²) in [6.45, 7) is 0. The third-order valence-electron chi connectivity index (χ3n) is 3.38. The highest BCUT2D eigenvalue weighted by Crippen LogP contribution is 2.27. The van der Waals surface area contributed by atoms with Crippen LogP contribution in [0.5, 0.6) is 0 Å². The van der Waals surface area contributed by atoms with Gasteiger partial charge >= 0.3 is 0 Å². The quantitative estimate of drug-likeness (QED) is 0.491. The van der Waals surface area contributed by atoms with Crippen LogP contribution in [0, 0.1) is 0 Å². The molecule has 0 fully saturated rings. The van der Waals surface area contributed by atoms with Crippen LogP contribution in [0.25, 0.3) is 11.1 Å². The summed E-state index contributed by atoms with van der Waals surface area (Å²) in [5, 5.41) is 4.23. The number of nitrogens with one attached hydrogen (secondary N) is 1. The van der Waals surface area contributed by atoms with Crippen LogP contribution in [0.2, 0.25) is 5.02 Å². The molecular formula is C17H13ClN6OS. The van der Waals surface area contributed by atoms with E-state index in [1.54, 1.807) is 18.2 Å². The Morgan fingerprint density at radius 3 is 2.73 bits per heavy atom. The van der Waals surface area contributed by atoms with Crippen molar-refractivity contribution in [3.8, 4) is 0 Å². The summed E-state index contributed by atoms with van der Waals surface area (Å²) >= 11 is 7.34. The van der Waals surface area contributed by atoms with Gasteiger partial charge in [0.1, 0.15) is 11.3 Å². The van der Waals surface area contributed by atoms with E-state index >= 15 is 0 Å². The average molecular weight is 385 g/mol. The molecule has 0 aliphatic rings. The van der Waals surface area contributed by atoms with Crippen LogP contribution in [-0.2, 0) is 5.75 Å². The number of hydrogen-bond acceptors (Lipinski definition) is 8. The Labute approximate surface area is 158 Å². The predicted octanol–water partition coefficient (Wildman–Crippen LogP) is 4.28. The number of nitrogens with zero attached hydrogens (tertiary/aromatic N) is 4. The van der Waals surface area contributed by atoms with Gasteiger partial charge < -0.3 is 15.5 Å². The normalized spacial score (nSPS) is 11.0. The summed E-state index contributed by atoms with van der Waals surface area (Å²) in [5.74, 6) is 1.51. The molecule has 0 bridgehead atoms. The maximum absolute atomic E-state index is 5.97. The zero-order chi connectivity index (χ0) is 17.9. The number of para-hydroxylation sites is 1. The number of halogens is 1. The van der Waals surface area contributed by atoms with Crippen molar-refractivity contribution >= 4 is 52.0 Å². The van der Waals surface area contributed by atoms with Crippen LogP contribution >= 0.6 is 23.4 Å². The molecule has 130 valence electrons. The third-order valence-corrected chi connectivity index (χ3v) is 4.44. The van der Waals surface area contributed by atoms with E-state index in [2.05, 4.69) is 25.3 Å². The van der Waals surface area contributed by atoms with E-state index < -0.39 is 0 Å². The van der Waals surface area contributed by atoms with E-state index in [9.17, 15) is 0 Å². The van der Waals surface area contributed by atoms with Crippen LogP contribution < -0.4 is 11.1 Å².